The largest absolute Gasteiger partial charge is 0.442 e. The minimum absolute atomic E-state index is 0.145. The van der Waals surface area contributed by atoms with Crippen LogP contribution in [0.3, 0.4) is 0 Å². The van der Waals surface area contributed by atoms with Gasteiger partial charge >= 0.3 is 6.09 Å². The molecule has 2 aromatic rings. The van der Waals surface area contributed by atoms with E-state index in [-0.39, 0.29) is 25.0 Å². The van der Waals surface area contributed by atoms with E-state index in [0.717, 1.165) is 5.56 Å². The van der Waals surface area contributed by atoms with Crippen LogP contribution in [0.2, 0.25) is 0 Å². The summed E-state index contributed by atoms with van der Waals surface area (Å²) >= 11 is 0. The molecule has 0 unspecified atom stereocenters. The molecule has 0 spiro atoms. The summed E-state index contributed by atoms with van der Waals surface area (Å²) in [7, 11) is 0. The van der Waals surface area contributed by atoms with Crippen molar-refractivity contribution in [1.82, 2.24) is 5.32 Å². The third-order valence-electron chi connectivity index (χ3n) is 4.70. The zero-order valence-electron chi connectivity index (χ0n) is 17.1. The molecule has 1 heterocycles. The number of rotatable bonds is 6. The zero-order chi connectivity index (χ0) is 22.5. The predicted octanol–water partition coefficient (Wildman–Crippen LogP) is 1.87. The van der Waals surface area contributed by atoms with E-state index in [1.165, 1.54) is 18.0 Å². The van der Waals surface area contributed by atoms with E-state index < -0.39 is 18.0 Å². The maximum atomic E-state index is 15.2. The monoisotopic (exact) mass is 426 g/mol. The lowest BCUT2D eigenvalue weighted by atomic mass is 10.00. The van der Waals surface area contributed by atoms with Crippen LogP contribution < -0.4 is 21.7 Å². The smallest absolute Gasteiger partial charge is 0.414 e. The highest BCUT2D eigenvalue weighted by molar-refractivity contribution is 5.91. The molecule has 2 aromatic carbocycles. The molecule has 1 atom stereocenters. The number of nitrogens with zero attached hydrogens (tertiary/aromatic N) is 3. The van der Waals surface area contributed by atoms with Crippen LogP contribution in [0.1, 0.15) is 18.1 Å². The highest BCUT2D eigenvalue weighted by Gasteiger charge is 2.33. The van der Waals surface area contributed by atoms with Crippen LogP contribution in [0.15, 0.2) is 46.6 Å². The van der Waals surface area contributed by atoms with Crippen LogP contribution in [0.4, 0.5) is 14.9 Å². The van der Waals surface area contributed by atoms with Gasteiger partial charge in [-0.05, 0) is 30.2 Å². The molecule has 10 heteroatoms. The minimum atomic E-state index is -0.574. The third-order valence-corrected chi connectivity index (χ3v) is 4.70. The molecular formula is C21H23FN6O3. The minimum Gasteiger partial charge on any atom is -0.442 e. The van der Waals surface area contributed by atoms with Gasteiger partial charge in [-0.2, -0.15) is 5.10 Å². The van der Waals surface area contributed by atoms with Crippen LogP contribution >= 0.6 is 0 Å². The number of halogens is 1. The molecule has 2 amide bonds. The summed E-state index contributed by atoms with van der Waals surface area (Å²) in [6, 6.07) is 10.3. The van der Waals surface area contributed by atoms with E-state index in [4.69, 9.17) is 16.2 Å². The predicted molar refractivity (Wildman–Crippen MR) is 116 cm³/mol. The average Bonchev–Trinajstić information content (AvgIpc) is 3.09. The Hall–Kier alpha value is -3.95. The maximum Gasteiger partial charge on any atom is 0.414 e. The van der Waals surface area contributed by atoms with Crippen LogP contribution in [0, 0.1) is 12.7 Å². The molecule has 0 bridgehead atoms. The second-order valence-corrected chi connectivity index (χ2v) is 7.02. The molecule has 3 rings (SSSR count). The number of nitrogens with one attached hydrogen (secondary N) is 1. The molecule has 31 heavy (non-hydrogen) atoms. The number of hydrogen-bond donors (Lipinski definition) is 3. The van der Waals surface area contributed by atoms with E-state index in [9.17, 15) is 9.59 Å². The average molecular weight is 426 g/mol. The van der Waals surface area contributed by atoms with Crippen molar-refractivity contribution in [3.05, 3.63) is 53.3 Å². The summed E-state index contributed by atoms with van der Waals surface area (Å²) in [5.41, 5.74) is 13.0. The number of cyclic esters (lactones) is 1. The lowest BCUT2D eigenvalue weighted by Gasteiger charge is -2.18. The SMILES string of the molecule is CC(=O)NC[C@H]1CN(c2ccc(-c3ccc(C=NN=C(N)N)cc3)c(F)c2C)C(=O)O1. The first-order valence-electron chi connectivity index (χ1n) is 9.50. The van der Waals surface area contributed by atoms with Crippen molar-refractivity contribution < 1.29 is 18.7 Å². The van der Waals surface area contributed by atoms with Gasteiger partial charge < -0.3 is 21.5 Å². The number of benzene rings is 2. The van der Waals surface area contributed by atoms with Gasteiger partial charge in [0.2, 0.25) is 11.9 Å². The molecule has 1 aliphatic heterocycles. The van der Waals surface area contributed by atoms with Gasteiger partial charge in [0.05, 0.1) is 25.0 Å². The van der Waals surface area contributed by atoms with E-state index in [0.29, 0.717) is 22.4 Å². The fourth-order valence-corrected chi connectivity index (χ4v) is 3.18. The summed E-state index contributed by atoms with van der Waals surface area (Å²) in [5, 5.41) is 9.87. The Morgan fingerprint density at radius 3 is 2.65 bits per heavy atom. The fourth-order valence-electron chi connectivity index (χ4n) is 3.18. The summed E-state index contributed by atoms with van der Waals surface area (Å²) in [6.45, 7) is 3.42. The van der Waals surface area contributed by atoms with Gasteiger partial charge in [0.25, 0.3) is 0 Å². The van der Waals surface area contributed by atoms with Crippen molar-refractivity contribution in [2.45, 2.75) is 20.0 Å². The van der Waals surface area contributed by atoms with E-state index in [1.807, 2.05) is 0 Å². The summed E-state index contributed by atoms with van der Waals surface area (Å²) in [5.74, 6) is -0.791. The molecular weight excluding hydrogens is 403 g/mol. The number of amides is 2. The first-order valence-corrected chi connectivity index (χ1v) is 9.50. The number of guanidine groups is 1. The van der Waals surface area contributed by atoms with Gasteiger partial charge in [-0.1, -0.05) is 24.3 Å². The Kier molecular flexibility index (Phi) is 6.49. The highest BCUT2D eigenvalue weighted by atomic mass is 19.1. The second kappa shape index (κ2) is 9.24. The first kappa shape index (κ1) is 21.8. The van der Waals surface area contributed by atoms with Crippen LogP contribution in [-0.4, -0.2) is 43.4 Å². The van der Waals surface area contributed by atoms with E-state index >= 15 is 4.39 Å². The molecule has 0 aromatic heterocycles. The summed E-state index contributed by atoms with van der Waals surface area (Å²) in [4.78, 5) is 24.7. The molecule has 9 nitrogen and oxygen atoms in total. The topological polar surface area (TPSA) is 135 Å². The van der Waals surface area contributed by atoms with E-state index in [1.54, 1.807) is 43.3 Å². The molecule has 1 saturated heterocycles. The summed E-state index contributed by atoms with van der Waals surface area (Å²) in [6.07, 6.45) is 0.409. The summed E-state index contributed by atoms with van der Waals surface area (Å²) < 4.78 is 20.4. The lowest BCUT2D eigenvalue weighted by Crippen LogP contribution is -2.33. The fraction of sp³-hybridized carbons (Fsp3) is 0.238. The molecule has 5 N–H and O–H groups in total. The van der Waals surface area contributed by atoms with Crippen LogP contribution in [0.25, 0.3) is 11.1 Å². The second-order valence-electron chi connectivity index (χ2n) is 7.02. The van der Waals surface area contributed by atoms with Crippen molar-refractivity contribution in [2.24, 2.45) is 21.7 Å². The third kappa shape index (κ3) is 5.16. The standard InChI is InChI=1S/C21H23FN6O3/c1-12-18(28-11-16(31-21(28)30)10-25-13(2)29)8-7-17(19(12)22)15-5-3-14(4-6-15)9-26-27-20(23)24/h3-9,16H,10-11H2,1-2H3,(H,25,29)(H4,23,24,27)/t16-/m0/s1. The van der Waals surface area contributed by atoms with Gasteiger partial charge in [-0.25, -0.2) is 9.18 Å². The Labute approximate surface area is 178 Å². The van der Waals surface area contributed by atoms with Gasteiger partial charge in [-0.15, -0.1) is 5.10 Å². The number of nitrogens with two attached hydrogens (primary N) is 2. The number of ether oxygens (including phenoxy) is 1. The number of anilines is 1. The van der Waals surface area contributed by atoms with E-state index in [2.05, 4.69) is 15.5 Å². The molecule has 0 aliphatic carbocycles. The lowest BCUT2D eigenvalue weighted by molar-refractivity contribution is -0.119. The van der Waals surface area contributed by atoms with Gasteiger partial charge in [0, 0.05) is 18.1 Å². The maximum absolute atomic E-state index is 15.2. The van der Waals surface area contributed by atoms with Crippen LogP contribution in [-0.2, 0) is 9.53 Å². The Bertz CT molecular complexity index is 1050. The number of carbonyl (C=O) groups excluding carboxylic acids is 2. The zero-order valence-corrected chi connectivity index (χ0v) is 17.1. The van der Waals surface area contributed by atoms with Gasteiger partial charge in [0.1, 0.15) is 11.9 Å². The number of hydrogen-bond acceptors (Lipinski definition) is 5. The highest BCUT2D eigenvalue weighted by Crippen LogP contribution is 2.33. The van der Waals surface area contributed by atoms with Crippen molar-refractivity contribution in [3.8, 4) is 11.1 Å². The Balaban J connectivity index is 1.79. The van der Waals surface area contributed by atoms with Gasteiger partial charge in [-0.3, -0.25) is 9.69 Å². The normalized spacial score (nSPS) is 15.8. The molecule has 162 valence electrons. The van der Waals surface area contributed by atoms with Crippen molar-refractivity contribution >= 4 is 29.9 Å². The molecule has 0 saturated carbocycles. The molecule has 1 fully saturated rings. The van der Waals surface area contributed by atoms with Gasteiger partial charge in [0.15, 0.2) is 0 Å². The quantitative estimate of drug-likeness (QED) is 0.368. The molecule has 0 radical (unpaired) electrons. The van der Waals surface area contributed by atoms with Crippen molar-refractivity contribution in [3.63, 3.8) is 0 Å². The van der Waals surface area contributed by atoms with Crippen molar-refractivity contribution in [1.29, 1.82) is 0 Å². The number of carbonyl (C=O) groups is 2. The Morgan fingerprint density at radius 1 is 1.29 bits per heavy atom. The molecule has 1 aliphatic rings. The first-order chi connectivity index (χ1) is 14.8. The van der Waals surface area contributed by atoms with Crippen LogP contribution in [0.5, 0.6) is 0 Å². The van der Waals surface area contributed by atoms with Crippen molar-refractivity contribution in [2.75, 3.05) is 18.0 Å². The Morgan fingerprint density at radius 2 is 2.00 bits per heavy atom.